The third kappa shape index (κ3) is 2.32. The van der Waals surface area contributed by atoms with Crippen LogP contribution in [0.2, 0.25) is 0 Å². The molecule has 14 heavy (non-hydrogen) atoms. The minimum atomic E-state index is 0.103. The molecule has 0 bridgehead atoms. The molecule has 2 N–H and O–H groups in total. The summed E-state index contributed by atoms with van der Waals surface area (Å²) >= 11 is 1.71. The first-order valence-electron chi connectivity index (χ1n) is 5.07. The molecule has 0 radical (unpaired) electrons. The van der Waals surface area contributed by atoms with Gasteiger partial charge >= 0.3 is 0 Å². The molecule has 2 heterocycles. The van der Waals surface area contributed by atoms with E-state index in [1.807, 2.05) is 13.1 Å². The number of rotatable bonds is 3. The highest BCUT2D eigenvalue weighted by Crippen LogP contribution is 2.23. The minimum Gasteiger partial charge on any atom is -0.378 e. The Morgan fingerprint density at radius 1 is 1.79 bits per heavy atom. The third-order valence-corrected chi connectivity index (χ3v) is 3.67. The topological polar surface area (TPSA) is 48.1 Å². The zero-order valence-corrected chi connectivity index (χ0v) is 9.22. The Morgan fingerprint density at radius 3 is 3.21 bits per heavy atom. The van der Waals surface area contributed by atoms with E-state index < -0.39 is 0 Å². The van der Waals surface area contributed by atoms with E-state index in [1.54, 1.807) is 11.3 Å². The van der Waals surface area contributed by atoms with Gasteiger partial charge in [-0.25, -0.2) is 4.98 Å². The highest BCUT2D eigenvalue weighted by Gasteiger charge is 2.17. The Bertz CT molecular complexity index is 292. The molecule has 1 fully saturated rings. The van der Waals surface area contributed by atoms with E-state index in [2.05, 4.69) is 4.98 Å². The molecule has 1 aromatic heterocycles. The van der Waals surface area contributed by atoms with E-state index in [1.165, 1.54) is 12.8 Å². The molecule has 0 aromatic carbocycles. The van der Waals surface area contributed by atoms with Crippen molar-refractivity contribution in [3.63, 3.8) is 0 Å². The van der Waals surface area contributed by atoms with Crippen LogP contribution < -0.4 is 5.73 Å². The van der Waals surface area contributed by atoms with Crippen LogP contribution in [-0.4, -0.2) is 17.7 Å². The molecule has 0 aliphatic carbocycles. The number of hydrogen-bond acceptors (Lipinski definition) is 4. The highest BCUT2D eigenvalue weighted by atomic mass is 32.1. The van der Waals surface area contributed by atoms with Crippen LogP contribution in [0, 0.1) is 0 Å². The quantitative estimate of drug-likeness (QED) is 0.832. The van der Waals surface area contributed by atoms with Crippen LogP contribution in [0.1, 0.15) is 35.7 Å². The Kier molecular flexibility index (Phi) is 3.15. The molecule has 0 amide bonds. The van der Waals surface area contributed by atoms with Crippen LogP contribution in [-0.2, 0) is 11.2 Å². The van der Waals surface area contributed by atoms with Crippen molar-refractivity contribution < 1.29 is 4.74 Å². The zero-order chi connectivity index (χ0) is 9.97. The molecule has 0 saturated carbocycles. The Balaban J connectivity index is 1.95. The zero-order valence-electron chi connectivity index (χ0n) is 8.40. The Labute approximate surface area is 88.3 Å². The van der Waals surface area contributed by atoms with Gasteiger partial charge in [0.05, 0.1) is 11.1 Å². The number of thiazole rings is 1. The molecule has 0 spiro atoms. The summed E-state index contributed by atoms with van der Waals surface area (Å²) in [5.74, 6) is 0. The van der Waals surface area contributed by atoms with Gasteiger partial charge in [0.25, 0.3) is 0 Å². The summed E-state index contributed by atoms with van der Waals surface area (Å²) in [6.07, 6.45) is 5.60. The standard InChI is InChI=1S/C10H16N2OS/c1-7(11)9-6-12-10(14-9)5-8-3-2-4-13-8/h6-8H,2-5,11H2,1H3. The third-order valence-electron chi connectivity index (χ3n) is 2.45. The van der Waals surface area contributed by atoms with Gasteiger partial charge in [0.2, 0.25) is 0 Å². The molecular weight excluding hydrogens is 196 g/mol. The lowest BCUT2D eigenvalue weighted by Crippen LogP contribution is -2.08. The lowest BCUT2D eigenvalue weighted by Gasteiger charge is -2.05. The van der Waals surface area contributed by atoms with Crippen LogP contribution in [0.3, 0.4) is 0 Å². The first-order valence-corrected chi connectivity index (χ1v) is 5.89. The van der Waals surface area contributed by atoms with Gasteiger partial charge < -0.3 is 10.5 Å². The molecule has 1 aliphatic rings. The van der Waals surface area contributed by atoms with Crippen LogP contribution in [0.4, 0.5) is 0 Å². The van der Waals surface area contributed by atoms with Gasteiger partial charge in [0.1, 0.15) is 0 Å². The second-order valence-corrected chi connectivity index (χ2v) is 4.93. The van der Waals surface area contributed by atoms with Crippen molar-refractivity contribution in [1.29, 1.82) is 0 Å². The summed E-state index contributed by atoms with van der Waals surface area (Å²) in [6, 6.07) is 0.103. The highest BCUT2D eigenvalue weighted by molar-refractivity contribution is 7.11. The van der Waals surface area contributed by atoms with Crippen LogP contribution >= 0.6 is 11.3 Å². The lowest BCUT2D eigenvalue weighted by atomic mass is 10.2. The average Bonchev–Trinajstić information content (AvgIpc) is 2.75. The molecule has 2 atom stereocenters. The van der Waals surface area contributed by atoms with Crippen molar-refractivity contribution in [3.05, 3.63) is 16.1 Å². The van der Waals surface area contributed by atoms with Gasteiger partial charge in [-0.1, -0.05) is 0 Å². The van der Waals surface area contributed by atoms with E-state index in [0.717, 1.165) is 22.9 Å². The van der Waals surface area contributed by atoms with Gasteiger partial charge in [0.15, 0.2) is 0 Å². The summed E-state index contributed by atoms with van der Waals surface area (Å²) in [5, 5.41) is 1.16. The first kappa shape index (κ1) is 10.1. The van der Waals surface area contributed by atoms with Gasteiger partial charge in [-0.3, -0.25) is 0 Å². The average molecular weight is 212 g/mol. The van der Waals surface area contributed by atoms with Gasteiger partial charge in [-0.15, -0.1) is 11.3 Å². The molecule has 78 valence electrons. The number of ether oxygens (including phenoxy) is 1. The van der Waals surface area contributed by atoms with E-state index in [-0.39, 0.29) is 6.04 Å². The van der Waals surface area contributed by atoms with Gasteiger partial charge in [-0.2, -0.15) is 0 Å². The van der Waals surface area contributed by atoms with Crippen molar-refractivity contribution in [1.82, 2.24) is 4.98 Å². The second kappa shape index (κ2) is 4.38. The van der Waals surface area contributed by atoms with E-state index in [4.69, 9.17) is 10.5 Å². The molecule has 1 aromatic rings. The molecule has 1 saturated heterocycles. The molecular formula is C10H16N2OS. The fourth-order valence-electron chi connectivity index (χ4n) is 1.63. The SMILES string of the molecule is CC(N)c1cnc(CC2CCCO2)s1. The van der Waals surface area contributed by atoms with E-state index in [9.17, 15) is 0 Å². The number of hydrogen-bond donors (Lipinski definition) is 1. The molecule has 3 nitrogen and oxygen atoms in total. The van der Waals surface area contributed by atoms with Crippen LogP contribution in [0.25, 0.3) is 0 Å². The maximum Gasteiger partial charge on any atom is 0.0954 e. The van der Waals surface area contributed by atoms with Gasteiger partial charge in [0, 0.05) is 30.1 Å². The van der Waals surface area contributed by atoms with Crippen molar-refractivity contribution in [3.8, 4) is 0 Å². The number of aromatic nitrogens is 1. The molecule has 1 aliphatic heterocycles. The number of nitrogens with two attached hydrogens (primary N) is 1. The van der Waals surface area contributed by atoms with E-state index in [0.29, 0.717) is 6.10 Å². The molecule has 4 heteroatoms. The smallest absolute Gasteiger partial charge is 0.0954 e. The number of nitrogens with zero attached hydrogens (tertiary/aromatic N) is 1. The van der Waals surface area contributed by atoms with Crippen molar-refractivity contribution in [2.45, 2.75) is 38.3 Å². The monoisotopic (exact) mass is 212 g/mol. The summed E-state index contributed by atoms with van der Waals surface area (Å²) in [5.41, 5.74) is 5.77. The predicted molar refractivity (Wildman–Crippen MR) is 57.4 cm³/mol. The fourth-order valence-corrected chi connectivity index (χ4v) is 2.57. The summed E-state index contributed by atoms with van der Waals surface area (Å²) in [7, 11) is 0. The van der Waals surface area contributed by atoms with Crippen LogP contribution in [0.15, 0.2) is 6.20 Å². The summed E-state index contributed by atoms with van der Waals surface area (Å²) in [6.45, 7) is 2.90. The second-order valence-electron chi connectivity index (χ2n) is 3.78. The molecule has 2 unspecified atom stereocenters. The Hall–Kier alpha value is -0.450. The maximum atomic E-state index is 5.77. The van der Waals surface area contributed by atoms with E-state index >= 15 is 0 Å². The van der Waals surface area contributed by atoms with Crippen molar-refractivity contribution in [2.24, 2.45) is 5.73 Å². The normalized spacial score (nSPS) is 24.0. The Morgan fingerprint density at radius 2 is 2.64 bits per heavy atom. The van der Waals surface area contributed by atoms with Crippen LogP contribution in [0.5, 0.6) is 0 Å². The maximum absolute atomic E-state index is 5.77. The fraction of sp³-hybridized carbons (Fsp3) is 0.700. The largest absolute Gasteiger partial charge is 0.378 e. The van der Waals surface area contributed by atoms with Crippen molar-refractivity contribution in [2.75, 3.05) is 6.61 Å². The van der Waals surface area contributed by atoms with Gasteiger partial charge in [-0.05, 0) is 19.8 Å². The summed E-state index contributed by atoms with van der Waals surface area (Å²) < 4.78 is 5.56. The predicted octanol–water partition coefficient (Wildman–Crippen LogP) is 1.88. The first-order chi connectivity index (χ1) is 6.75. The molecule has 2 rings (SSSR count). The minimum absolute atomic E-state index is 0.103. The summed E-state index contributed by atoms with van der Waals surface area (Å²) in [4.78, 5) is 5.52. The lowest BCUT2D eigenvalue weighted by molar-refractivity contribution is 0.111. The van der Waals surface area contributed by atoms with Crippen molar-refractivity contribution >= 4 is 11.3 Å².